The minimum Gasteiger partial charge on any atom is -0.384 e. The summed E-state index contributed by atoms with van der Waals surface area (Å²) in [6.07, 6.45) is 1.83. The molecule has 1 aromatic heterocycles. The average molecular weight is 309 g/mol. The van der Waals surface area contributed by atoms with Crippen molar-refractivity contribution >= 4 is 32.5 Å². The molecule has 2 rings (SSSR count). The Labute approximate surface area is 116 Å². The van der Waals surface area contributed by atoms with Crippen LogP contribution in [-0.4, -0.2) is 25.2 Å². The number of nitrogens with one attached hydrogen (secondary N) is 1. The first-order valence-corrected chi connectivity index (χ1v) is 6.77. The fourth-order valence-electron chi connectivity index (χ4n) is 1.90. The SMILES string of the molecule is COCC(C)CNc1cccc2cc(Br)cnc12. The molecule has 0 aliphatic heterocycles. The second-order valence-electron chi connectivity index (χ2n) is 4.47. The molecule has 0 fully saturated rings. The Kier molecular flexibility index (Phi) is 4.55. The molecule has 0 saturated heterocycles. The number of benzene rings is 1. The first-order valence-electron chi connectivity index (χ1n) is 5.98. The molecule has 96 valence electrons. The van der Waals surface area contributed by atoms with Crippen molar-refractivity contribution in [2.75, 3.05) is 25.6 Å². The van der Waals surface area contributed by atoms with Gasteiger partial charge >= 0.3 is 0 Å². The zero-order valence-electron chi connectivity index (χ0n) is 10.6. The van der Waals surface area contributed by atoms with E-state index in [0.717, 1.165) is 34.2 Å². The fraction of sp³-hybridized carbons (Fsp3) is 0.357. The molecule has 18 heavy (non-hydrogen) atoms. The lowest BCUT2D eigenvalue weighted by molar-refractivity contribution is 0.164. The van der Waals surface area contributed by atoms with Crippen LogP contribution in [0.25, 0.3) is 10.9 Å². The summed E-state index contributed by atoms with van der Waals surface area (Å²) in [5.74, 6) is 0.473. The van der Waals surface area contributed by atoms with Crippen molar-refractivity contribution in [1.82, 2.24) is 4.98 Å². The van der Waals surface area contributed by atoms with Gasteiger partial charge in [0.15, 0.2) is 0 Å². The largest absolute Gasteiger partial charge is 0.384 e. The van der Waals surface area contributed by atoms with Crippen LogP contribution in [0.2, 0.25) is 0 Å². The summed E-state index contributed by atoms with van der Waals surface area (Å²) in [7, 11) is 1.73. The van der Waals surface area contributed by atoms with Crippen molar-refractivity contribution in [3.63, 3.8) is 0 Å². The van der Waals surface area contributed by atoms with Crippen molar-refractivity contribution in [1.29, 1.82) is 0 Å². The summed E-state index contributed by atoms with van der Waals surface area (Å²) in [5, 5.41) is 4.57. The van der Waals surface area contributed by atoms with Gasteiger partial charge in [-0.15, -0.1) is 0 Å². The predicted molar refractivity (Wildman–Crippen MR) is 79.0 cm³/mol. The van der Waals surface area contributed by atoms with Gasteiger partial charge in [-0.25, -0.2) is 0 Å². The molecule has 0 bridgehead atoms. The van der Waals surface area contributed by atoms with Crippen LogP contribution in [0, 0.1) is 5.92 Å². The van der Waals surface area contributed by atoms with Gasteiger partial charge in [0, 0.05) is 29.7 Å². The van der Waals surface area contributed by atoms with Gasteiger partial charge in [-0.1, -0.05) is 19.1 Å². The molecule has 0 spiro atoms. The number of nitrogens with zero attached hydrogens (tertiary/aromatic N) is 1. The van der Waals surface area contributed by atoms with E-state index < -0.39 is 0 Å². The van der Waals surface area contributed by atoms with Gasteiger partial charge in [0.25, 0.3) is 0 Å². The van der Waals surface area contributed by atoms with Crippen LogP contribution in [0.5, 0.6) is 0 Å². The summed E-state index contributed by atoms with van der Waals surface area (Å²) < 4.78 is 6.13. The molecule has 0 aliphatic carbocycles. The highest BCUT2D eigenvalue weighted by molar-refractivity contribution is 9.10. The highest BCUT2D eigenvalue weighted by atomic mass is 79.9. The van der Waals surface area contributed by atoms with Crippen LogP contribution < -0.4 is 5.32 Å². The van der Waals surface area contributed by atoms with Gasteiger partial charge in [-0.3, -0.25) is 4.98 Å². The monoisotopic (exact) mass is 308 g/mol. The van der Waals surface area contributed by atoms with Crippen molar-refractivity contribution in [2.45, 2.75) is 6.92 Å². The van der Waals surface area contributed by atoms with E-state index in [1.807, 2.05) is 12.3 Å². The molecule has 4 heteroatoms. The highest BCUT2D eigenvalue weighted by Gasteiger charge is 2.05. The first kappa shape index (κ1) is 13.3. The number of methoxy groups -OCH3 is 1. The standard InChI is InChI=1S/C14H17BrN2O/c1-10(9-18-2)7-16-13-5-3-4-11-6-12(15)8-17-14(11)13/h3-6,8,10,16H,7,9H2,1-2H3. The van der Waals surface area contributed by atoms with Gasteiger partial charge in [0.1, 0.15) is 0 Å². The number of para-hydroxylation sites is 1. The molecule has 3 nitrogen and oxygen atoms in total. The molecule has 0 aliphatic rings. The van der Waals surface area contributed by atoms with E-state index in [0.29, 0.717) is 5.92 Å². The molecule has 0 saturated carbocycles. The summed E-state index contributed by atoms with van der Waals surface area (Å²) in [5.41, 5.74) is 2.08. The first-order chi connectivity index (χ1) is 8.70. The average Bonchev–Trinajstić information content (AvgIpc) is 2.36. The lowest BCUT2D eigenvalue weighted by atomic mass is 10.1. The van der Waals surface area contributed by atoms with Crippen LogP contribution in [0.4, 0.5) is 5.69 Å². The minimum absolute atomic E-state index is 0.473. The minimum atomic E-state index is 0.473. The van der Waals surface area contributed by atoms with Crippen molar-refractivity contribution in [2.24, 2.45) is 5.92 Å². The van der Waals surface area contributed by atoms with E-state index >= 15 is 0 Å². The number of aromatic nitrogens is 1. The molecule has 1 heterocycles. The Morgan fingerprint density at radius 2 is 2.28 bits per heavy atom. The maximum absolute atomic E-state index is 5.13. The normalized spacial score (nSPS) is 12.6. The van der Waals surface area contributed by atoms with E-state index in [1.165, 1.54) is 0 Å². The summed E-state index contributed by atoms with van der Waals surface area (Å²) in [6, 6.07) is 8.24. The van der Waals surface area contributed by atoms with E-state index in [-0.39, 0.29) is 0 Å². The van der Waals surface area contributed by atoms with Crippen molar-refractivity contribution < 1.29 is 4.74 Å². The van der Waals surface area contributed by atoms with Crippen LogP contribution in [0.15, 0.2) is 34.9 Å². The van der Waals surface area contributed by atoms with Crippen LogP contribution in [0.1, 0.15) is 6.92 Å². The Morgan fingerprint density at radius 1 is 1.44 bits per heavy atom. The molecular formula is C14H17BrN2O. The third-order valence-corrected chi connectivity index (χ3v) is 3.20. The molecule has 0 radical (unpaired) electrons. The second kappa shape index (κ2) is 6.16. The van der Waals surface area contributed by atoms with Crippen molar-refractivity contribution in [3.05, 3.63) is 34.9 Å². The smallest absolute Gasteiger partial charge is 0.0934 e. The zero-order chi connectivity index (χ0) is 13.0. The van der Waals surface area contributed by atoms with Crippen LogP contribution in [-0.2, 0) is 4.74 Å². The third-order valence-electron chi connectivity index (χ3n) is 2.77. The molecule has 1 unspecified atom stereocenters. The number of halogens is 1. The molecule has 1 N–H and O–H groups in total. The lowest BCUT2D eigenvalue weighted by Gasteiger charge is -2.13. The third kappa shape index (κ3) is 3.21. The van der Waals surface area contributed by atoms with Crippen molar-refractivity contribution in [3.8, 4) is 0 Å². The van der Waals surface area contributed by atoms with Gasteiger partial charge in [0.05, 0.1) is 17.8 Å². The van der Waals surface area contributed by atoms with E-state index in [1.54, 1.807) is 7.11 Å². The number of pyridine rings is 1. The Hall–Kier alpha value is -1.13. The maximum atomic E-state index is 5.13. The number of fused-ring (bicyclic) bond motifs is 1. The zero-order valence-corrected chi connectivity index (χ0v) is 12.2. The van der Waals surface area contributed by atoms with Crippen LogP contribution >= 0.6 is 15.9 Å². The molecule has 0 amide bonds. The van der Waals surface area contributed by atoms with Gasteiger partial charge in [-0.2, -0.15) is 0 Å². The van der Waals surface area contributed by atoms with Gasteiger partial charge < -0.3 is 10.1 Å². The number of hydrogen-bond donors (Lipinski definition) is 1. The number of ether oxygens (including phenoxy) is 1. The highest BCUT2D eigenvalue weighted by Crippen LogP contribution is 2.24. The summed E-state index contributed by atoms with van der Waals surface area (Å²) in [4.78, 5) is 4.46. The van der Waals surface area contributed by atoms with Crippen LogP contribution in [0.3, 0.4) is 0 Å². The molecule has 1 atom stereocenters. The fourth-order valence-corrected chi connectivity index (χ4v) is 2.25. The van der Waals surface area contributed by atoms with E-state index in [9.17, 15) is 0 Å². The number of hydrogen-bond acceptors (Lipinski definition) is 3. The maximum Gasteiger partial charge on any atom is 0.0934 e. The lowest BCUT2D eigenvalue weighted by Crippen LogP contribution is -2.16. The Bertz CT molecular complexity index is 530. The topological polar surface area (TPSA) is 34.1 Å². The van der Waals surface area contributed by atoms with Gasteiger partial charge in [0.2, 0.25) is 0 Å². The van der Waals surface area contributed by atoms with E-state index in [4.69, 9.17) is 4.74 Å². The second-order valence-corrected chi connectivity index (χ2v) is 5.39. The predicted octanol–water partition coefficient (Wildman–Crippen LogP) is 3.69. The molecular weight excluding hydrogens is 292 g/mol. The number of anilines is 1. The quantitative estimate of drug-likeness (QED) is 0.914. The summed E-state index contributed by atoms with van der Waals surface area (Å²) >= 11 is 3.44. The molecule has 1 aromatic carbocycles. The number of rotatable bonds is 5. The van der Waals surface area contributed by atoms with Gasteiger partial charge in [-0.05, 0) is 34.0 Å². The Balaban J connectivity index is 2.18. The molecule has 2 aromatic rings. The Morgan fingerprint density at radius 3 is 3.06 bits per heavy atom. The summed E-state index contributed by atoms with van der Waals surface area (Å²) in [6.45, 7) is 3.80. The van der Waals surface area contributed by atoms with E-state index in [2.05, 4.69) is 51.4 Å².